The molecule has 1 saturated carbocycles. The van der Waals surface area contributed by atoms with Gasteiger partial charge in [0.1, 0.15) is 0 Å². The first-order chi connectivity index (χ1) is 9.87. The van der Waals surface area contributed by atoms with Crippen molar-refractivity contribution in [2.75, 3.05) is 14.1 Å². The molecule has 139 valence electrons. The van der Waals surface area contributed by atoms with Crippen molar-refractivity contribution in [3.63, 3.8) is 0 Å². The summed E-state index contributed by atoms with van der Waals surface area (Å²) in [5.41, 5.74) is 0. The van der Waals surface area contributed by atoms with Crippen molar-refractivity contribution >= 4 is 17.7 Å². The van der Waals surface area contributed by atoms with E-state index >= 15 is 0 Å². The van der Waals surface area contributed by atoms with Gasteiger partial charge in [0.2, 0.25) is 5.91 Å². The maximum Gasteiger partial charge on any atom is 0.219 e. The first-order valence-corrected chi connectivity index (χ1v) is 7.24. The van der Waals surface area contributed by atoms with Crippen molar-refractivity contribution in [3.8, 4) is 0 Å². The summed E-state index contributed by atoms with van der Waals surface area (Å²) < 4.78 is 0. The Bertz CT molecular complexity index is 305. The predicted octanol–water partition coefficient (Wildman–Crippen LogP) is 0.966. The first kappa shape index (κ1) is 47.5. The predicted molar refractivity (Wildman–Crippen MR) is 84.2 cm³/mol. The van der Waals surface area contributed by atoms with E-state index < -0.39 is 0 Å². The van der Waals surface area contributed by atoms with Crippen LogP contribution in [0.15, 0.2) is 0 Å². The third kappa shape index (κ3) is 41.9. The van der Waals surface area contributed by atoms with Gasteiger partial charge < -0.3 is 39.4 Å². The maximum absolute atomic E-state index is 11.0. The number of carbonyl (C=O) groups is 3. The number of nitrogens with one attached hydrogen (secondary N) is 3. The molecule has 0 spiro atoms. The molecule has 5 radical (unpaired) electrons. The van der Waals surface area contributed by atoms with Crippen LogP contribution in [0.1, 0.15) is 45.4 Å². The molecule has 0 aromatic heterocycles. The van der Waals surface area contributed by atoms with Crippen molar-refractivity contribution in [2.45, 2.75) is 51.5 Å². The van der Waals surface area contributed by atoms with Crippen LogP contribution in [0.2, 0.25) is 0 Å². The molecule has 0 saturated heterocycles. The fourth-order valence-corrected chi connectivity index (χ4v) is 1.58. The average molecular weight is 744 g/mol. The second-order valence-electron chi connectivity index (χ2n) is 4.60. The molecule has 0 atom stereocenters. The summed E-state index contributed by atoms with van der Waals surface area (Å²) in [6.07, 6.45) is 6.91. The number of amides is 3. The van der Waals surface area contributed by atoms with Gasteiger partial charge in [-0.3, -0.25) is 4.79 Å². The van der Waals surface area contributed by atoms with Crippen molar-refractivity contribution in [1.29, 1.82) is 0 Å². The minimum atomic E-state index is -0.245. The van der Waals surface area contributed by atoms with E-state index in [2.05, 4.69) is 29.8 Å². The smallest absolute Gasteiger partial charge is 0.219 e. The van der Waals surface area contributed by atoms with Crippen LogP contribution in [-0.4, -0.2) is 37.9 Å². The van der Waals surface area contributed by atoms with Crippen molar-refractivity contribution < 1.29 is 178 Å². The van der Waals surface area contributed by atoms with Crippen LogP contribution in [0.5, 0.6) is 0 Å². The number of carbonyl (C=O) groups excluding carboxylic acids is 3. The number of rotatable bonds is 2. The normalized spacial score (nSPS) is 10.9. The molecule has 3 N–H and O–H groups in total. The van der Waals surface area contributed by atoms with E-state index in [4.69, 9.17) is 0 Å². The molecular weight excluding hydrogens is 715 g/mol. The molecule has 11 heteroatoms. The van der Waals surface area contributed by atoms with Crippen molar-refractivity contribution in [3.05, 3.63) is 13.8 Å². The molecule has 0 heterocycles. The molecule has 0 aliphatic heterocycles. The topological polar surface area (TPSA) is 87.3 Å². The van der Waals surface area contributed by atoms with Crippen LogP contribution in [0.3, 0.4) is 0 Å². The van der Waals surface area contributed by atoms with Crippen molar-refractivity contribution in [1.82, 2.24) is 16.0 Å². The fraction of sp³-hybridized carbons (Fsp3) is 0.667. The van der Waals surface area contributed by atoms with Gasteiger partial charge in [0.25, 0.3) is 0 Å². The van der Waals surface area contributed by atoms with E-state index in [0.29, 0.717) is 12.5 Å². The molecule has 1 aliphatic rings. The van der Waals surface area contributed by atoms with E-state index in [1.54, 1.807) is 0 Å². The summed E-state index contributed by atoms with van der Waals surface area (Å²) in [5, 5.41) is 7.59. The Morgan fingerprint density at radius 3 is 1.35 bits per heavy atom. The Kier molecular flexibility index (Phi) is 65.8. The van der Waals surface area contributed by atoms with Crippen LogP contribution < -0.4 is 16.0 Å². The average Bonchev–Trinajstić information content (AvgIpc) is 2.49. The summed E-state index contributed by atoms with van der Waals surface area (Å²) in [7, 11) is 3.07. The molecule has 1 fully saturated rings. The second kappa shape index (κ2) is 36.1. The van der Waals surface area contributed by atoms with Gasteiger partial charge in [-0.25, -0.2) is 0 Å². The molecule has 0 aromatic carbocycles. The fourth-order valence-electron chi connectivity index (χ4n) is 1.58. The summed E-state index contributed by atoms with van der Waals surface area (Å²) in [4.78, 5) is 30.1. The van der Waals surface area contributed by atoms with Crippen LogP contribution in [0, 0.1) is 13.8 Å². The third-order valence-electron chi connectivity index (χ3n) is 2.85. The Morgan fingerprint density at radius 1 is 0.808 bits per heavy atom. The van der Waals surface area contributed by atoms with Crippen LogP contribution in [-0.2, 0) is 178 Å². The van der Waals surface area contributed by atoms with Gasteiger partial charge in [-0.05, 0) is 12.8 Å². The molecule has 0 unspecified atom stereocenters. The summed E-state index contributed by atoms with van der Waals surface area (Å²) in [6, 6.07) is 0.483. The Hall–Kier alpha value is 3.67. The van der Waals surface area contributed by atoms with Gasteiger partial charge in [0.05, 0.1) is 11.8 Å². The van der Waals surface area contributed by atoms with Crippen molar-refractivity contribution in [2.24, 2.45) is 0 Å². The van der Waals surface area contributed by atoms with E-state index in [1.165, 1.54) is 46.2 Å². The maximum atomic E-state index is 11.0. The van der Waals surface area contributed by atoms with E-state index in [0.717, 1.165) is 0 Å². The van der Waals surface area contributed by atoms with Crippen LogP contribution in [0.4, 0.5) is 0 Å². The standard InChI is InChI=1S/C9H17NO.2C3H6NO.5Y/c1-2-9(11)10-8-6-4-3-5-7-8;2*1-3(5)4-2;;;;;/h8H,2-7H2,1H3,(H,10,11);2*1H2,2H3,(H,4,5);;;;;/q;2*-1;;;;;. The monoisotopic (exact) mass is 744 g/mol. The van der Waals surface area contributed by atoms with Gasteiger partial charge >= 0.3 is 0 Å². The zero-order chi connectivity index (χ0) is 16.7. The Balaban J connectivity index is -0.0000000423. The molecule has 26 heavy (non-hydrogen) atoms. The molecule has 1 rings (SSSR count). The van der Waals surface area contributed by atoms with Crippen LogP contribution >= 0.6 is 0 Å². The largest absolute Gasteiger partial charge is 0.384 e. The molecule has 1 aliphatic carbocycles. The SMILES string of the molecule is CCC(=O)NC1CCCCC1.[CH2-]C(=O)NC.[CH2-]C(=O)NC.[Y].[Y].[Y].[Y].[Y]. The molecule has 3 amide bonds. The van der Waals surface area contributed by atoms with E-state index in [-0.39, 0.29) is 181 Å². The number of hydrogen-bond donors (Lipinski definition) is 3. The zero-order valence-corrected chi connectivity index (χ0v) is 30.5. The van der Waals surface area contributed by atoms with Gasteiger partial charge in [-0.2, -0.15) is 0 Å². The van der Waals surface area contributed by atoms with E-state index in [1.807, 2.05) is 6.92 Å². The van der Waals surface area contributed by atoms with E-state index in [9.17, 15) is 14.4 Å². The van der Waals surface area contributed by atoms with Gasteiger partial charge in [0.15, 0.2) is 0 Å². The minimum absolute atomic E-state index is 0. The van der Waals surface area contributed by atoms with Gasteiger partial charge in [-0.1, -0.05) is 26.2 Å². The Labute approximate surface area is 285 Å². The molecule has 0 bridgehead atoms. The molecular formula is C15H29N3O3Y5-2. The summed E-state index contributed by atoms with van der Waals surface area (Å²) in [5.74, 6) is -0.285. The quantitative estimate of drug-likeness (QED) is 0.369. The zero-order valence-electron chi connectivity index (χ0n) is 16.3. The second-order valence-corrected chi connectivity index (χ2v) is 4.60. The van der Waals surface area contributed by atoms with Crippen LogP contribution in [0.25, 0.3) is 0 Å². The summed E-state index contributed by atoms with van der Waals surface area (Å²) in [6.45, 7) is 7.91. The Morgan fingerprint density at radius 2 is 1.12 bits per heavy atom. The minimum Gasteiger partial charge on any atom is -0.384 e. The van der Waals surface area contributed by atoms with Gasteiger partial charge in [0, 0.05) is 190 Å². The molecule has 6 nitrogen and oxygen atoms in total. The number of hydrogen-bond acceptors (Lipinski definition) is 3. The third-order valence-corrected chi connectivity index (χ3v) is 2.85. The first-order valence-electron chi connectivity index (χ1n) is 7.24. The molecule has 0 aromatic rings. The summed E-state index contributed by atoms with van der Waals surface area (Å²) >= 11 is 0. The van der Waals surface area contributed by atoms with Gasteiger partial charge in [-0.15, -0.1) is 0 Å².